The summed E-state index contributed by atoms with van der Waals surface area (Å²) in [5.74, 6) is 0.104. The number of carbonyl (C=O) groups is 1. The Morgan fingerprint density at radius 1 is 1.31 bits per heavy atom. The molecule has 1 aromatic rings. The monoisotopic (exact) mass is 218 g/mol. The Hall–Kier alpha value is -1.31. The van der Waals surface area contributed by atoms with Crippen LogP contribution in [0.15, 0.2) is 30.3 Å². The molecule has 16 heavy (non-hydrogen) atoms. The molecule has 0 bridgehead atoms. The standard InChI is InChI=1S/C14H18O2/c1-2-3-7-12-10-13(16-14(12)15)11-8-5-4-6-9-11/h4-6,8-9,12-13H,2-3,7,10H2,1H3. The molecule has 1 aliphatic rings. The molecule has 0 saturated carbocycles. The van der Waals surface area contributed by atoms with E-state index < -0.39 is 0 Å². The minimum atomic E-state index is -0.0180. The third-order valence-corrected chi connectivity index (χ3v) is 3.17. The molecular weight excluding hydrogens is 200 g/mol. The largest absolute Gasteiger partial charge is 0.457 e. The normalized spacial score (nSPS) is 24.4. The number of hydrogen-bond donors (Lipinski definition) is 0. The van der Waals surface area contributed by atoms with Crippen LogP contribution in [0.1, 0.15) is 44.3 Å². The average molecular weight is 218 g/mol. The zero-order chi connectivity index (χ0) is 11.4. The number of esters is 1. The van der Waals surface area contributed by atoms with Gasteiger partial charge >= 0.3 is 5.97 Å². The highest BCUT2D eigenvalue weighted by molar-refractivity contribution is 5.74. The fraction of sp³-hybridized carbons (Fsp3) is 0.500. The van der Waals surface area contributed by atoms with Gasteiger partial charge in [0.2, 0.25) is 0 Å². The molecule has 0 spiro atoms. The molecule has 1 fully saturated rings. The van der Waals surface area contributed by atoms with Gasteiger partial charge in [0.15, 0.2) is 0 Å². The molecule has 2 heteroatoms. The van der Waals surface area contributed by atoms with Gasteiger partial charge in [-0.05, 0) is 12.0 Å². The lowest BCUT2D eigenvalue weighted by atomic mass is 9.96. The third-order valence-electron chi connectivity index (χ3n) is 3.17. The molecule has 1 aromatic carbocycles. The van der Waals surface area contributed by atoms with Gasteiger partial charge in [-0.2, -0.15) is 0 Å². The molecule has 0 aliphatic carbocycles. The van der Waals surface area contributed by atoms with E-state index in [-0.39, 0.29) is 18.0 Å². The number of rotatable bonds is 4. The van der Waals surface area contributed by atoms with Gasteiger partial charge in [-0.1, -0.05) is 50.1 Å². The number of ether oxygens (including phenoxy) is 1. The van der Waals surface area contributed by atoms with E-state index in [1.165, 1.54) is 0 Å². The summed E-state index contributed by atoms with van der Waals surface area (Å²) in [5.41, 5.74) is 1.12. The van der Waals surface area contributed by atoms with E-state index in [4.69, 9.17) is 4.74 Å². The quantitative estimate of drug-likeness (QED) is 0.723. The van der Waals surface area contributed by atoms with Crippen LogP contribution in [0.3, 0.4) is 0 Å². The molecule has 2 atom stereocenters. The van der Waals surface area contributed by atoms with Crippen molar-refractivity contribution >= 4 is 5.97 Å². The lowest BCUT2D eigenvalue weighted by Crippen LogP contribution is -2.06. The number of unbranched alkanes of at least 4 members (excludes halogenated alkanes) is 1. The highest BCUT2D eigenvalue weighted by Gasteiger charge is 2.34. The van der Waals surface area contributed by atoms with Crippen molar-refractivity contribution in [2.45, 2.75) is 38.7 Å². The van der Waals surface area contributed by atoms with Crippen molar-refractivity contribution in [3.05, 3.63) is 35.9 Å². The highest BCUT2D eigenvalue weighted by atomic mass is 16.5. The van der Waals surface area contributed by atoms with Crippen LogP contribution in [0.2, 0.25) is 0 Å². The third kappa shape index (κ3) is 2.43. The first-order valence-electron chi connectivity index (χ1n) is 6.06. The summed E-state index contributed by atoms with van der Waals surface area (Å²) < 4.78 is 5.42. The lowest BCUT2D eigenvalue weighted by molar-refractivity contribution is -0.144. The van der Waals surface area contributed by atoms with Gasteiger partial charge in [0.25, 0.3) is 0 Å². The van der Waals surface area contributed by atoms with Gasteiger partial charge in [0.1, 0.15) is 6.10 Å². The number of cyclic esters (lactones) is 1. The molecule has 0 radical (unpaired) electrons. The van der Waals surface area contributed by atoms with Crippen molar-refractivity contribution in [1.82, 2.24) is 0 Å². The Bertz CT molecular complexity index is 345. The Morgan fingerprint density at radius 2 is 2.06 bits per heavy atom. The van der Waals surface area contributed by atoms with Crippen LogP contribution in [0.5, 0.6) is 0 Å². The first-order valence-corrected chi connectivity index (χ1v) is 6.06. The second-order valence-electron chi connectivity index (χ2n) is 4.41. The Balaban J connectivity index is 1.98. The molecule has 2 unspecified atom stereocenters. The van der Waals surface area contributed by atoms with Gasteiger partial charge < -0.3 is 4.74 Å². The SMILES string of the molecule is CCCCC1CC(c2ccccc2)OC1=O. The summed E-state index contributed by atoms with van der Waals surface area (Å²) >= 11 is 0. The molecule has 0 N–H and O–H groups in total. The summed E-state index contributed by atoms with van der Waals surface area (Å²) in [6.07, 6.45) is 4.05. The zero-order valence-corrected chi connectivity index (χ0v) is 9.69. The lowest BCUT2D eigenvalue weighted by Gasteiger charge is -2.08. The molecular formula is C14H18O2. The average Bonchev–Trinajstić information content (AvgIpc) is 2.69. The van der Waals surface area contributed by atoms with E-state index in [1.54, 1.807) is 0 Å². The van der Waals surface area contributed by atoms with Gasteiger partial charge in [-0.15, -0.1) is 0 Å². The second-order valence-corrected chi connectivity index (χ2v) is 4.41. The molecule has 1 saturated heterocycles. The molecule has 2 rings (SSSR count). The second kappa shape index (κ2) is 5.15. The van der Waals surface area contributed by atoms with E-state index in [0.29, 0.717) is 0 Å². The van der Waals surface area contributed by atoms with E-state index in [9.17, 15) is 4.79 Å². The minimum Gasteiger partial charge on any atom is -0.457 e. The van der Waals surface area contributed by atoms with Gasteiger partial charge in [-0.3, -0.25) is 4.79 Å². The molecule has 1 aliphatic heterocycles. The maximum absolute atomic E-state index is 11.6. The van der Waals surface area contributed by atoms with Crippen molar-refractivity contribution in [3.63, 3.8) is 0 Å². The molecule has 86 valence electrons. The van der Waals surface area contributed by atoms with E-state index >= 15 is 0 Å². The summed E-state index contributed by atoms with van der Waals surface area (Å²) in [7, 11) is 0. The number of carbonyl (C=O) groups excluding carboxylic acids is 1. The first-order chi connectivity index (χ1) is 7.81. The summed E-state index contributed by atoms with van der Waals surface area (Å²) in [6.45, 7) is 2.15. The van der Waals surface area contributed by atoms with E-state index in [2.05, 4.69) is 6.92 Å². The molecule has 0 aromatic heterocycles. The topological polar surface area (TPSA) is 26.3 Å². The van der Waals surface area contributed by atoms with Gasteiger partial charge in [0.05, 0.1) is 5.92 Å². The zero-order valence-electron chi connectivity index (χ0n) is 9.69. The van der Waals surface area contributed by atoms with Gasteiger partial charge in [-0.25, -0.2) is 0 Å². The number of hydrogen-bond acceptors (Lipinski definition) is 2. The van der Waals surface area contributed by atoms with Crippen LogP contribution in [0.25, 0.3) is 0 Å². The smallest absolute Gasteiger partial charge is 0.309 e. The maximum Gasteiger partial charge on any atom is 0.309 e. The molecule has 0 amide bonds. The summed E-state index contributed by atoms with van der Waals surface area (Å²) in [6, 6.07) is 10.0. The highest BCUT2D eigenvalue weighted by Crippen LogP contribution is 2.35. The van der Waals surface area contributed by atoms with Crippen LogP contribution in [0, 0.1) is 5.92 Å². The van der Waals surface area contributed by atoms with Crippen molar-refractivity contribution in [2.75, 3.05) is 0 Å². The van der Waals surface area contributed by atoms with Gasteiger partial charge in [0, 0.05) is 6.42 Å². The Kier molecular flexibility index (Phi) is 3.60. The predicted octanol–water partition coefficient (Wildman–Crippen LogP) is 3.48. The maximum atomic E-state index is 11.6. The van der Waals surface area contributed by atoms with Crippen molar-refractivity contribution in [1.29, 1.82) is 0 Å². The Morgan fingerprint density at radius 3 is 2.75 bits per heavy atom. The van der Waals surface area contributed by atoms with Crippen LogP contribution >= 0.6 is 0 Å². The van der Waals surface area contributed by atoms with Crippen LogP contribution in [0.4, 0.5) is 0 Å². The van der Waals surface area contributed by atoms with Crippen molar-refractivity contribution in [2.24, 2.45) is 5.92 Å². The van der Waals surface area contributed by atoms with E-state index in [1.807, 2.05) is 30.3 Å². The summed E-state index contributed by atoms with van der Waals surface area (Å²) in [4.78, 5) is 11.6. The van der Waals surface area contributed by atoms with Crippen LogP contribution in [-0.2, 0) is 9.53 Å². The first kappa shape index (κ1) is 11.2. The number of benzene rings is 1. The fourth-order valence-corrected chi connectivity index (χ4v) is 2.20. The molecule has 2 nitrogen and oxygen atoms in total. The van der Waals surface area contributed by atoms with E-state index in [0.717, 1.165) is 31.2 Å². The summed E-state index contributed by atoms with van der Waals surface area (Å²) in [5, 5.41) is 0. The minimum absolute atomic E-state index is 0.0118. The Labute approximate surface area is 96.6 Å². The predicted molar refractivity (Wildman–Crippen MR) is 62.9 cm³/mol. The molecule has 1 heterocycles. The van der Waals surface area contributed by atoms with Crippen molar-refractivity contribution in [3.8, 4) is 0 Å². The fourth-order valence-electron chi connectivity index (χ4n) is 2.20. The van der Waals surface area contributed by atoms with Crippen LogP contribution in [-0.4, -0.2) is 5.97 Å². The van der Waals surface area contributed by atoms with Crippen molar-refractivity contribution < 1.29 is 9.53 Å². The van der Waals surface area contributed by atoms with Crippen LogP contribution < -0.4 is 0 Å².